The zero-order chi connectivity index (χ0) is 12.1. The maximum absolute atomic E-state index is 11.3. The molecule has 0 saturated carbocycles. The summed E-state index contributed by atoms with van der Waals surface area (Å²) in [6, 6.07) is 6.40. The van der Waals surface area contributed by atoms with E-state index in [4.69, 9.17) is 4.74 Å². The lowest BCUT2D eigenvalue weighted by molar-refractivity contribution is -0.141. The summed E-state index contributed by atoms with van der Waals surface area (Å²) in [7, 11) is 1.44. The van der Waals surface area contributed by atoms with Gasteiger partial charge in [0.05, 0.1) is 13.5 Å². The molecule has 0 radical (unpaired) electrons. The zero-order valence-electron chi connectivity index (χ0n) is 10.5. The fourth-order valence-electron chi connectivity index (χ4n) is 1.80. The second-order valence-electron chi connectivity index (χ2n) is 4.23. The third-order valence-electron chi connectivity index (χ3n) is 3.14. The lowest BCUT2D eigenvalue weighted by Gasteiger charge is -2.15. The van der Waals surface area contributed by atoms with E-state index in [2.05, 4.69) is 39.0 Å². The van der Waals surface area contributed by atoms with Gasteiger partial charge in [0.15, 0.2) is 0 Å². The van der Waals surface area contributed by atoms with Crippen molar-refractivity contribution in [2.24, 2.45) is 0 Å². The molecule has 1 aromatic rings. The summed E-state index contributed by atoms with van der Waals surface area (Å²) >= 11 is 0. The van der Waals surface area contributed by atoms with E-state index in [1.54, 1.807) is 0 Å². The lowest BCUT2D eigenvalue weighted by atomic mass is 9.91. The summed E-state index contributed by atoms with van der Waals surface area (Å²) in [4.78, 5) is 11.3. The normalized spacial score (nSPS) is 12.2. The van der Waals surface area contributed by atoms with E-state index < -0.39 is 0 Å². The maximum atomic E-state index is 11.3. The highest BCUT2D eigenvalue weighted by Gasteiger charge is 2.14. The molecule has 0 bridgehead atoms. The Morgan fingerprint density at radius 2 is 2.00 bits per heavy atom. The standard InChI is InChI=1S/C14H20O2/c1-5-12(9-14(15)16-4)13-7-6-10(2)11(3)8-13/h6-8,12H,5,9H2,1-4H3. The quantitative estimate of drug-likeness (QED) is 0.727. The van der Waals surface area contributed by atoms with Crippen molar-refractivity contribution in [1.82, 2.24) is 0 Å². The molecule has 1 rings (SSSR count). The van der Waals surface area contributed by atoms with Crippen LogP contribution in [0.1, 0.15) is 42.4 Å². The van der Waals surface area contributed by atoms with Crippen LogP contribution < -0.4 is 0 Å². The largest absolute Gasteiger partial charge is 0.469 e. The van der Waals surface area contributed by atoms with Crippen LogP contribution >= 0.6 is 0 Å². The topological polar surface area (TPSA) is 26.3 Å². The van der Waals surface area contributed by atoms with Gasteiger partial charge in [-0.25, -0.2) is 0 Å². The molecule has 1 unspecified atom stereocenters. The molecule has 16 heavy (non-hydrogen) atoms. The van der Waals surface area contributed by atoms with Crippen LogP contribution in [-0.4, -0.2) is 13.1 Å². The maximum Gasteiger partial charge on any atom is 0.306 e. The van der Waals surface area contributed by atoms with Crippen molar-refractivity contribution in [3.05, 3.63) is 34.9 Å². The van der Waals surface area contributed by atoms with Crippen LogP contribution in [0.15, 0.2) is 18.2 Å². The molecule has 88 valence electrons. The highest BCUT2D eigenvalue weighted by molar-refractivity contribution is 5.70. The number of hydrogen-bond acceptors (Lipinski definition) is 2. The Morgan fingerprint density at radius 3 is 2.50 bits per heavy atom. The van der Waals surface area contributed by atoms with Crippen molar-refractivity contribution in [3.8, 4) is 0 Å². The molecule has 0 N–H and O–H groups in total. The van der Waals surface area contributed by atoms with Crippen molar-refractivity contribution in [2.45, 2.75) is 39.5 Å². The molecule has 2 heteroatoms. The van der Waals surface area contributed by atoms with Crippen molar-refractivity contribution in [3.63, 3.8) is 0 Å². The average molecular weight is 220 g/mol. The molecule has 0 heterocycles. The van der Waals surface area contributed by atoms with Gasteiger partial charge in [-0.15, -0.1) is 0 Å². The summed E-state index contributed by atoms with van der Waals surface area (Å²) in [5.74, 6) is 0.136. The molecule has 2 nitrogen and oxygen atoms in total. The lowest BCUT2D eigenvalue weighted by Crippen LogP contribution is -2.08. The first kappa shape index (κ1) is 12.8. The summed E-state index contributed by atoms with van der Waals surface area (Å²) in [6.07, 6.45) is 1.42. The summed E-state index contributed by atoms with van der Waals surface area (Å²) in [5, 5.41) is 0. The predicted molar refractivity (Wildman–Crippen MR) is 65.6 cm³/mol. The number of esters is 1. The van der Waals surface area contributed by atoms with Gasteiger partial charge in [-0.05, 0) is 42.9 Å². The Bertz CT molecular complexity index is 369. The molecule has 0 saturated heterocycles. The van der Waals surface area contributed by atoms with Crippen LogP contribution in [0.4, 0.5) is 0 Å². The molecule has 0 fully saturated rings. The monoisotopic (exact) mass is 220 g/mol. The SMILES string of the molecule is CCC(CC(=O)OC)c1ccc(C)c(C)c1. The summed E-state index contributed by atoms with van der Waals surface area (Å²) in [6.45, 7) is 6.30. The first-order chi connectivity index (χ1) is 7.58. The summed E-state index contributed by atoms with van der Waals surface area (Å²) in [5.41, 5.74) is 3.80. The van der Waals surface area contributed by atoms with Gasteiger partial charge in [0.1, 0.15) is 0 Å². The van der Waals surface area contributed by atoms with Crippen molar-refractivity contribution >= 4 is 5.97 Å². The molecular formula is C14H20O2. The van der Waals surface area contributed by atoms with E-state index in [0.29, 0.717) is 6.42 Å². The molecule has 0 spiro atoms. The van der Waals surface area contributed by atoms with Gasteiger partial charge in [-0.2, -0.15) is 0 Å². The number of ether oxygens (including phenoxy) is 1. The molecule has 0 aliphatic heterocycles. The van der Waals surface area contributed by atoms with Gasteiger partial charge >= 0.3 is 5.97 Å². The van der Waals surface area contributed by atoms with E-state index in [-0.39, 0.29) is 11.9 Å². The average Bonchev–Trinajstić information content (AvgIpc) is 2.29. The molecule has 0 amide bonds. The van der Waals surface area contributed by atoms with Gasteiger partial charge in [0.2, 0.25) is 0 Å². The fourth-order valence-corrected chi connectivity index (χ4v) is 1.80. The summed E-state index contributed by atoms with van der Waals surface area (Å²) < 4.78 is 4.72. The number of benzene rings is 1. The number of hydrogen-bond donors (Lipinski definition) is 0. The molecule has 1 aromatic carbocycles. The van der Waals surface area contributed by atoms with Crippen LogP contribution in [-0.2, 0) is 9.53 Å². The van der Waals surface area contributed by atoms with E-state index in [9.17, 15) is 4.79 Å². The Hall–Kier alpha value is -1.31. The number of aryl methyl sites for hydroxylation is 2. The van der Waals surface area contributed by atoms with E-state index in [1.807, 2.05) is 0 Å². The van der Waals surface area contributed by atoms with Crippen LogP contribution in [0.25, 0.3) is 0 Å². The molecule has 0 aliphatic rings. The van der Waals surface area contributed by atoms with Crippen molar-refractivity contribution in [2.75, 3.05) is 7.11 Å². The number of carbonyl (C=O) groups is 1. The highest BCUT2D eigenvalue weighted by Crippen LogP contribution is 2.25. The Morgan fingerprint density at radius 1 is 1.31 bits per heavy atom. The Kier molecular flexibility index (Phi) is 4.53. The van der Waals surface area contributed by atoms with Crippen molar-refractivity contribution in [1.29, 1.82) is 0 Å². The number of carbonyl (C=O) groups excluding carboxylic acids is 1. The van der Waals surface area contributed by atoms with Gasteiger partial charge in [0.25, 0.3) is 0 Å². The smallest absolute Gasteiger partial charge is 0.306 e. The zero-order valence-corrected chi connectivity index (χ0v) is 10.5. The minimum Gasteiger partial charge on any atom is -0.469 e. The Labute approximate surface area is 97.6 Å². The second kappa shape index (κ2) is 5.69. The number of rotatable bonds is 4. The minimum absolute atomic E-state index is 0.134. The molecule has 0 aliphatic carbocycles. The highest BCUT2D eigenvalue weighted by atomic mass is 16.5. The fraction of sp³-hybridized carbons (Fsp3) is 0.500. The van der Waals surface area contributed by atoms with Gasteiger partial charge in [-0.3, -0.25) is 4.79 Å². The second-order valence-corrected chi connectivity index (χ2v) is 4.23. The first-order valence-electron chi connectivity index (χ1n) is 5.72. The Balaban J connectivity index is 2.86. The van der Waals surface area contributed by atoms with E-state index in [0.717, 1.165) is 6.42 Å². The third-order valence-corrected chi connectivity index (χ3v) is 3.14. The molecule has 1 atom stereocenters. The predicted octanol–water partition coefficient (Wildman–Crippen LogP) is 3.36. The van der Waals surface area contributed by atoms with Crippen molar-refractivity contribution < 1.29 is 9.53 Å². The molecular weight excluding hydrogens is 200 g/mol. The van der Waals surface area contributed by atoms with Gasteiger partial charge in [-0.1, -0.05) is 25.1 Å². The van der Waals surface area contributed by atoms with Crippen LogP contribution in [0.2, 0.25) is 0 Å². The van der Waals surface area contributed by atoms with Crippen LogP contribution in [0, 0.1) is 13.8 Å². The van der Waals surface area contributed by atoms with E-state index >= 15 is 0 Å². The third kappa shape index (κ3) is 3.09. The van der Waals surface area contributed by atoms with E-state index in [1.165, 1.54) is 23.8 Å². The number of methoxy groups -OCH3 is 1. The molecule has 0 aromatic heterocycles. The van der Waals surface area contributed by atoms with Gasteiger partial charge < -0.3 is 4.74 Å². The first-order valence-corrected chi connectivity index (χ1v) is 5.72. The minimum atomic E-state index is -0.134. The van der Waals surface area contributed by atoms with Crippen LogP contribution in [0.5, 0.6) is 0 Å². The van der Waals surface area contributed by atoms with Crippen LogP contribution in [0.3, 0.4) is 0 Å². The van der Waals surface area contributed by atoms with Gasteiger partial charge in [0, 0.05) is 0 Å².